The summed E-state index contributed by atoms with van der Waals surface area (Å²) in [4.78, 5) is 11.6. The summed E-state index contributed by atoms with van der Waals surface area (Å²) in [5.41, 5.74) is 0. The molecule has 1 rings (SSSR count). The third-order valence-corrected chi connectivity index (χ3v) is 3.76. The van der Waals surface area contributed by atoms with Crippen molar-refractivity contribution in [3.63, 3.8) is 0 Å². The van der Waals surface area contributed by atoms with Crippen molar-refractivity contribution in [2.24, 2.45) is 0 Å². The summed E-state index contributed by atoms with van der Waals surface area (Å²) < 4.78 is 18.1. The van der Waals surface area contributed by atoms with E-state index in [1.165, 1.54) is 30.0 Å². The van der Waals surface area contributed by atoms with Gasteiger partial charge in [-0.05, 0) is 25.3 Å². The number of nitrogens with one attached hydrogen (secondary N) is 1. The number of rotatable bonds is 7. The van der Waals surface area contributed by atoms with Gasteiger partial charge in [0.05, 0.1) is 6.61 Å². The molecule has 19 heavy (non-hydrogen) atoms. The fourth-order valence-electron chi connectivity index (χ4n) is 1.53. The van der Waals surface area contributed by atoms with Gasteiger partial charge in [0.1, 0.15) is 11.6 Å². The van der Waals surface area contributed by atoms with Crippen molar-refractivity contribution in [1.82, 2.24) is 5.32 Å². The normalized spacial score (nSPS) is 13.7. The van der Waals surface area contributed by atoms with Crippen molar-refractivity contribution < 1.29 is 19.0 Å². The van der Waals surface area contributed by atoms with E-state index in [0.717, 1.165) is 0 Å². The highest BCUT2D eigenvalue weighted by molar-refractivity contribution is 7.99. The molecule has 6 heteroatoms. The maximum atomic E-state index is 12.9. The Kier molecular flexibility index (Phi) is 6.66. The Balaban J connectivity index is 2.39. The molecular formula is C13H18FNO3S. The van der Waals surface area contributed by atoms with Crippen LogP contribution in [0.4, 0.5) is 4.39 Å². The zero-order valence-corrected chi connectivity index (χ0v) is 11.7. The molecule has 1 aromatic carbocycles. The zero-order chi connectivity index (χ0) is 14.3. The molecule has 2 N–H and O–H groups in total. The smallest absolute Gasteiger partial charge is 0.258 e. The standard InChI is InChI=1S/C13H18FNO3S/c1-9(12(7-16)19-2)15-13(17)8-18-11-5-3-4-10(14)6-11/h3-6,9,12,16H,7-8H2,1-2H3,(H,15,17). The first-order valence-corrected chi connectivity index (χ1v) is 7.17. The van der Waals surface area contributed by atoms with Crippen LogP contribution >= 0.6 is 11.8 Å². The molecule has 4 nitrogen and oxygen atoms in total. The van der Waals surface area contributed by atoms with Crippen LogP contribution in [0, 0.1) is 5.82 Å². The first-order valence-electron chi connectivity index (χ1n) is 5.88. The first kappa shape index (κ1) is 15.8. The maximum Gasteiger partial charge on any atom is 0.258 e. The van der Waals surface area contributed by atoms with Crippen LogP contribution in [0.25, 0.3) is 0 Å². The van der Waals surface area contributed by atoms with Crippen molar-refractivity contribution in [1.29, 1.82) is 0 Å². The highest BCUT2D eigenvalue weighted by Gasteiger charge is 2.17. The number of carbonyl (C=O) groups is 1. The number of ether oxygens (including phenoxy) is 1. The molecule has 0 radical (unpaired) electrons. The molecule has 0 spiro atoms. The second-order valence-corrected chi connectivity index (χ2v) is 5.14. The average molecular weight is 287 g/mol. The van der Waals surface area contributed by atoms with Gasteiger partial charge in [-0.25, -0.2) is 4.39 Å². The number of carbonyl (C=O) groups excluding carboxylic acids is 1. The van der Waals surface area contributed by atoms with Gasteiger partial charge in [0.2, 0.25) is 0 Å². The second-order valence-electron chi connectivity index (χ2n) is 4.06. The molecule has 0 bridgehead atoms. The molecule has 1 amide bonds. The van der Waals surface area contributed by atoms with Crippen LogP contribution < -0.4 is 10.1 Å². The Labute approximate surface area is 116 Å². The number of hydrogen-bond acceptors (Lipinski definition) is 4. The monoisotopic (exact) mass is 287 g/mol. The van der Waals surface area contributed by atoms with E-state index >= 15 is 0 Å². The summed E-state index contributed by atoms with van der Waals surface area (Å²) in [6.45, 7) is 1.63. The summed E-state index contributed by atoms with van der Waals surface area (Å²) in [5, 5.41) is 11.8. The van der Waals surface area contributed by atoms with E-state index in [0.29, 0.717) is 5.75 Å². The van der Waals surface area contributed by atoms with Crippen molar-refractivity contribution in [3.8, 4) is 5.75 Å². The van der Waals surface area contributed by atoms with Crippen molar-refractivity contribution in [2.45, 2.75) is 18.2 Å². The van der Waals surface area contributed by atoms with Gasteiger partial charge in [0, 0.05) is 17.4 Å². The topological polar surface area (TPSA) is 58.6 Å². The average Bonchev–Trinajstić information content (AvgIpc) is 2.38. The largest absolute Gasteiger partial charge is 0.484 e. The lowest BCUT2D eigenvalue weighted by atomic mass is 10.2. The Bertz CT molecular complexity index is 413. The van der Waals surface area contributed by atoms with Gasteiger partial charge < -0.3 is 15.2 Å². The van der Waals surface area contributed by atoms with E-state index in [1.54, 1.807) is 6.07 Å². The molecule has 0 fully saturated rings. The number of thioether (sulfide) groups is 1. The third-order valence-electron chi connectivity index (χ3n) is 2.60. The van der Waals surface area contributed by atoms with Gasteiger partial charge in [-0.1, -0.05) is 6.07 Å². The van der Waals surface area contributed by atoms with Crippen molar-refractivity contribution in [3.05, 3.63) is 30.1 Å². The molecule has 0 saturated carbocycles. The predicted octanol–water partition coefficient (Wildman–Crippen LogP) is 1.43. The van der Waals surface area contributed by atoms with E-state index in [9.17, 15) is 9.18 Å². The highest BCUT2D eigenvalue weighted by atomic mass is 32.2. The first-order chi connectivity index (χ1) is 9.06. The molecule has 2 atom stereocenters. The van der Waals surface area contributed by atoms with Gasteiger partial charge in [-0.3, -0.25) is 4.79 Å². The van der Waals surface area contributed by atoms with Crippen LogP contribution in [-0.2, 0) is 4.79 Å². The minimum Gasteiger partial charge on any atom is -0.484 e. The van der Waals surface area contributed by atoms with Gasteiger partial charge in [-0.2, -0.15) is 11.8 Å². The molecule has 0 aliphatic rings. The highest BCUT2D eigenvalue weighted by Crippen LogP contribution is 2.12. The Morgan fingerprint density at radius 3 is 2.89 bits per heavy atom. The van der Waals surface area contributed by atoms with E-state index in [4.69, 9.17) is 9.84 Å². The lowest BCUT2D eigenvalue weighted by Gasteiger charge is -2.21. The fourth-order valence-corrected chi connectivity index (χ4v) is 2.16. The number of benzene rings is 1. The van der Waals surface area contributed by atoms with Crippen molar-refractivity contribution >= 4 is 17.7 Å². The second kappa shape index (κ2) is 8.01. The van der Waals surface area contributed by atoms with E-state index < -0.39 is 5.82 Å². The van der Waals surface area contributed by atoms with Gasteiger partial charge in [0.15, 0.2) is 6.61 Å². The molecule has 2 unspecified atom stereocenters. The molecular weight excluding hydrogens is 269 g/mol. The van der Waals surface area contributed by atoms with Crippen LogP contribution in [0.15, 0.2) is 24.3 Å². The molecule has 0 aliphatic heterocycles. The minimum absolute atomic E-state index is 0.00658. The molecule has 0 heterocycles. The Morgan fingerprint density at radius 2 is 2.32 bits per heavy atom. The maximum absolute atomic E-state index is 12.9. The number of aliphatic hydroxyl groups is 1. The quantitative estimate of drug-likeness (QED) is 0.796. The van der Waals surface area contributed by atoms with Crippen LogP contribution in [0.5, 0.6) is 5.75 Å². The SMILES string of the molecule is CSC(CO)C(C)NC(=O)COc1cccc(F)c1. The van der Waals surface area contributed by atoms with Crippen LogP contribution in [0.3, 0.4) is 0 Å². The van der Waals surface area contributed by atoms with Gasteiger partial charge in [0.25, 0.3) is 5.91 Å². The number of amides is 1. The lowest BCUT2D eigenvalue weighted by Crippen LogP contribution is -2.43. The van der Waals surface area contributed by atoms with Gasteiger partial charge >= 0.3 is 0 Å². The van der Waals surface area contributed by atoms with Gasteiger partial charge in [-0.15, -0.1) is 0 Å². The molecule has 1 aromatic rings. The molecule has 106 valence electrons. The summed E-state index contributed by atoms with van der Waals surface area (Å²) in [5.74, 6) is -0.398. The van der Waals surface area contributed by atoms with Crippen LogP contribution in [0.2, 0.25) is 0 Å². The zero-order valence-electron chi connectivity index (χ0n) is 10.9. The number of aliphatic hydroxyl groups excluding tert-OH is 1. The summed E-state index contributed by atoms with van der Waals surface area (Å²) in [7, 11) is 0. The molecule has 0 aliphatic carbocycles. The van der Waals surface area contributed by atoms with Crippen LogP contribution in [0.1, 0.15) is 6.92 Å². The Morgan fingerprint density at radius 1 is 1.58 bits per heavy atom. The lowest BCUT2D eigenvalue weighted by molar-refractivity contribution is -0.123. The molecule has 0 saturated heterocycles. The minimum atomic E-state index is -0.408. The summed E-state index contributed by atoms with van der Waals surface area (Å²) in [6, 6.07) is 5.46. The van der Waals surface area contributed by atoms with E-state index in [1.807, 2.05) is 13.2 Å². The number of hydrogen-bond donors (Lipinski definition) is 2. The van der Waals surface area contributed by atoms with Crippen LogP contribution in [-0.4, -0.2) is 41.8 Å². The predicted molar refractivity (Wildman–Crippen MR) is 73.9 cm³/mol. The third kappa shape index (κ3) is 5.48. The summed E-state index contributed by atoms with van der Waals surface area (Å²) in [6.07, 6.45) is 1.87. The number of halogens is 1. The molecule has 0 aromatic heterocycles. The Hall–Kier alpha value is -1.27. The van der Waals surface area contributed by atoms with E-state index in [-0.39, 0.29) is 30.4 Å². The van der Waals surface area contributed by atoms with E-state index in [2.05, 4.69) is 5.32 Å². The van der Waals surface area contributed by atoms with Crippen molar-refractivity contribution in [2.75, 3.05) is 19.5 Å². The fraction of sp³-hybridized carbons (Fsp3) is 0.462. The summed E-state index contributed by atoms with van der Waals surface area (Å²) >= 11 is 1.48.